The first kappa shape index (κ1) is 10.3. The highest BCUT2D eigenvalue weighted by Crippen LogP contribution is 2.19. The SMILES string of the molecule is N#CCn1ccnc1-c1cc(F)cc(F)c1. The smallest absolute Gasteiger partial charge is 0.141 e. The van der Waals surface area contributed by atoms with Crippen molar-refractivity contribution in [3.8, 4) is 17.5 Å². The van der Waals surface area contributed by atoms with Gasteiger partial charge in [-0.25, -0.2) is 13.8 Å². The van der Waals surface area contributed by atoms with Gasteiger partial charge in [-0.2, -0.15) is 5.26 Å². The maximum absolute atomic E-state index is 13.0. The number of imidazole rings is 1. The second kappa shape index (κ2) is 4.11. The van der Waals surface area contributed by atoms with Crippen LogP contribution in [0.5, 0.6) is 0 Å². The van der Waals surface area contributed by atoms with Crippen LogP contribution in [0.1, 0.15) is 0 Å². The van der Waals surface area contributed by atoms with Crippen LogP contribution in [0.4, 0.5) is 8.78 Å². The Hall–Kier alpha value is -2.22. The summed E-state index contributed by atoms with van der Waals surface area (Å²) in [5.74, 6) is -0.956. The number of benzene rings is 1. The van der Waals surface area contributed by atoms with E-state index in [1.807, 2.05) is 6.07 Å². The molecule has 1 aromatic carbocycles. The molecule has 2 rings (SSSR count). The van der Waals surface area contributed by atoms with Gasteiger partial charge in [0.2, 0.25) is 0 Å². The molecule has 0 amide bonds. The molecule has 0 atom stereocenters. The van der Waals surface area contributed by atoms with Gasteiger partial charge in [0, 0.05) is 24.0 Å². The minimum absolute atomic E-state index is 0.0907. The molecule has 0 N–H and O–H groups in total. The van der Waals surface area contributed by atoms with Gasteiger partial charge in [0.1, 0.15) is 24.0 Å². The van der Waals surface area contributed by atoms with Gasteiger partial charge in [-0.1, -0.05) is 0 Å². The number of aromatic nitrogens is 2. The van der Waals surface area contributed by atoms with Crippen LogP contribution in [0.3, 0.4) is 0 Å². The lowest BCUT2D eigenvalue weighted by atomic mass is 10.2. The van der Waals surface area contributed by atoms with Crippen LogP contribution in [0.15, 0.2) is 30.6 Å². The molecule has 0 aliphatic carbocycles. The zero-order valence-electron chi connectivity index (χ0n) is 8.19. The number of hydrogen-bond acceptors (Lipinski definition) is 2. The molecule has 1 aromatic heterocycles. The van der Waals surface area contributed by atoms with E-state index < -0.39 is 11.6 Å². The first-order valence-corrected chi connectivity index (χ1v) is 4.55. The maximum Gasteiger partial charge on any atom is 0.141 e. The normalized spacial score (nSPS) is 10.1. The molecule has 2 aromatic rings. The van der Waals surface area contributed by atoms with Gasteiger partial charge in [0.05, 0.1) is 6.07 Å². The first-order chi connectivity index (χ1) is 7.70. The standard InChI is InChI=1S/C11H7F2N3/c12-9-5-8(6-10(13)7-9)11-15-2-4-16(11)3-1-14/h2,4-7H,3H2. The number of rotatable bonds is 2. The molecule has 0 aliphatic heterocycles. The second-order valence-electron chi connectivity index (χ2n) is 3.19. The summed E-state index contributed by atoms with van der Waals surface area (Å²) in [5, 5.41) is 8.57. The third-order valence-electron chi connectivity index (χ3n) is 2.08. The highest BCUT2D eigenvalue weighted by Gasteiger charge is 2.08. The van der Waals surface area contributed by atoms with Crippen molar-refractivity contribution >= 4 is 0 Å². The lowest BCUT2D eigenvalue weighted by Gasteiger charge is -2.03. The summed E-state index contributed by atoms with van der Waals surface area (Å²) < 4.78 is 27.5. The molecular weight excluding hydrogens is 212 g/mol. The summed E-state index contributed by atoms with van der Waals surface area (Å²) in [6, 6.07) is 5.10. The van der Waals surface area contributed by atoms with Crippen LogP contribution >= 0.6 is 0 Å². The molecule has 5 heteroatoms. The van der Waals surface area contributed by atoms with Crippen molar-refractivity contribution in [2.24, 2.45) is 0 Å². The van der Waals surface area contributed by atoms with Crippen LogP contribution in [-0.4, -0.2) is 9.55 Å². The van der Waals surface area contributed by atoms with Gasteiger partial charge >= 0.3 is 0 Å². The lowest BCUT2D eigenvalue weighted by Crippen LogP contribution is -1.98. The van der Waals surface area contributed by atoms with E-state index in [4.69, 9.17) is 5.26 Å². The van der Waals surface area contributed by atoms with Crippen molar-refractivity contribution in [2.45, 2.75) is 6.54 Å². The van der Waals surface area contributed by atoms with E-state index in [1.54, 1.807) is 6.20 Å². The van der Waals surface area contributed by atoms with E-state index in [0.717, 1.165) is 6.07 Å². The van der Waals surface area contributed by atoms with Gasteiger partial charge in [0.25, 0.3) is 0 Å². The van der Waals surface area contributed by atoms with Crippen LogP contribution in [0.2, 0.25) is 0 Å². The van der Waals surface area contributed by atoms with Crippen LogP contribution < -0.4 is 0 Å². The van der Waals surface area contributed by atoms with Crippen molar-refractivity contribution < 1.29 is 8.78 Å². The fourth-order valence-electron chi connectivity index (χ4n) is 1.46. The van der Waals surface area contributed by atoms with E-state index in [0.29, 0.717) is 11.4 Å². The van der Waals surface area contributed by atoms with Gasteiger partial charge in [0.15, 0.2) is 0 Å². The van der Waals surface area contributed by atoms with E-state index in [-0.39, 0.29) is 6.54 Å². The maximum atomic E-state index is 13.0. The Morgan fingerprint density at radius 1 is 1.25 bits per heavy atom. The van der Waals surface area contributed by atoms with E-state index in [9.17, 15) is 8.78 Å². The molecular formula is C11H7F2N3. The second-order valence-corrected chi connectivity index (χ2v) is 3.19. The Kier molecular flexibility index (Phi) is 2.64. The summed E-state index contributed by atoms with van der Waals surface area (Å²) in [7, 11) is 0. The molecule has 0 radical (unpaired) electrons. The van der Waals surface area contributed by atoms with E-state index in [2.05, 4.69) is 4.98 Å². The third-order valence-corrected chi connectivity index (χ3v) is 2.08. The van der Waals surface area contributed by atoms with E-state index >= 15 is 0 Å². The average molecular weight is 219 g/mol. The summed E-state index contributed by atoms with van der Waals surface area (Å²) in [6.07, 6.45) is 3.07. The lowest BCUT2D eigenvalue weighted by molar-refractivity contribution is 0.583. The number of hydrogen-bond donors (Lipinski definition) is 0. The van der Waals surface area contributed by atoms with Crippen molar-refractivity contribution in [1.29, 1.82) is 5.26 Å². The number of nitrogens with zero attached hydrogens (tertiary/aromatic N) is 3. The van der Waals surface area contributed by atoms with Crippen molar-refractivity contribution in [3.63, 3.8) is 0 Å². The molecule has 0 bridgehead atoms. The van der Waals surface area contributed by atoms with Crippen molar-refractivity contribution in [1.82, 2.24) is 9.55 Å². The summed E-state index contributed by atoms with van der Waals surface area (Å²) in [6.45, 7) is 0.0907. The van der Waals surface area contributed by atoms with Gasteiger partial charge < -0.3 is 4.57 Å². The molecule has 1 heterocycles. The average Bonchev–Trinajstić information content (AvgIpc) is 2.65. The van der Waals surface area contributed by atoms with Crippen LogP contribution in [-0.2, 0) is 6.54 Å². The molecule has 0 spiro atoms. The number of halogens is 2. The molecule has 0 unspecified atom stereocenters. The molecule has 0 fully saturated rings. The van der Waals surface area contributed by atoms with Crippen molar-refractivity contribution in [3.05, 3.63) is 42.2 Å². The third kappa shape index (κ3) is 1.91. The Balaban J connectivity index is 2.50. The molecule has 0 saturated carbocycles. The van der Waals surface area contributed by atoms with E-state index in [1.165, 1.54) is 22.9 Å². The zero-order chi connectivity index (χ0) is 11.5. The topological polar surface area (TPSA) is 41.6 Å². The Labute approximate surface area is 90.6 Å². The molecule has 80 valence electrons. The summed E-state index contributed by atoms with van der Waals surface area (Å²) in [5.41, 5.74) is 0.317. The summed E-state index contributed by atoms with van der Waals surface area (Å²) >= 11 is 0. The van der Waals surface area contributed by atoms with Gasteiger partial charge in [-0.15, -0.1) is 0 Å². The molecule has 16 heavy (non-hydrogen) atoms. The molecule has 3 nitrogen and oxygen atoms in total. The van der Waals surface area contributed by atoms with Crippen LogP contribution in [0.25, 0.3) is 11.4 Å². The predicted molar refractivity (Wildman–Crippen MR) is 53.2 cm³/mol. The summed E-state index contributed by atoms with van der Waals surface area (Å²) in [4.78, 5) is 3.97. The fourth-order valence-corrected chi connectivity index (χ4v) is 1.46. The minimum Gasteiger partial charge on any atom is -0.317 e. The van der Waals surface area contributed by atoms with Gasteiger partial charge in [-0.05, 0) is 12.1 Å². The quantitative estimate of drug-likeness (QED) is 0.777. The fraction of sp³-hybridized carbons (Fsp3) is 0.0909. The Morgan fingerprint density at radius 3 is 2.56 bits per heavy atom. The number of nitriles is 1. The monoisotopic (exact) mass is 219 g/mol. The zero-order valence-corrected chi connectivity index (χ0v) is 8.19. The Morgan fingerprint density at radius 2 is 1.94 bits per heavy atom. The molecule has 0 aliphatic rings. The largest absolute Gasteiger partial charge is 0.317 e. The highest BCUT2D eigenvalue weighted by molar-refractivity contribution is 5.55. The first-order valence-electron chi connectivity index (χ1n) is 4.55. The molecule has 0 saturated heterocycles. The van der Waals surface area contributed by atoms with Gasteiger partial charge in [-0.3, -0.25) is 0 Å². The predicted octanol–water partition coefficient (Wildman–Crippen LogP) is 2.35. The highest BCUT2D eigenvalue weighted by atomic mass is 19.1. The Bertz CT molecular complexity index is 534. The van der Waals surface area contributed by atoms with Crippen molar-refractivity contribution in [2.75, 3.05) is 0 Å². The minimum atomic E-state index is -0.665. The van der Waals surface area contributed by atoms with Crippen LogP contribution in [0, 0.1) is 23.0 Å².